The van der Waals surface area contributed by atoms with Crippen LogP contribution in [0, 0.1) is 23.7 Å². The van der Waals surface area contributed by atoms with Gasteiger partial charge in [0.2, 0.25) is 17.6 Å². The molecule has 2 heterocycles. The van der Waals surface area contributed by atoms with Gasteiger partial charge in [0, 0.05) is 37.8 Å². The number of alkyl carbamates (subject to hydrolysis) is 1. The van der Waals surface area contributed by atoms with E-state index < -0.39 is 36.4 Å². The highest BCUT2D eigenvalue weighted by atomic mass is 19.1. The number of ether oxygens (including phenoxy) is 4. The highest BCUT2D eigenvalue weighted by molar-refractivity contribution is 6.00. The van der Waals surface area contributed by atoms with Gasteiger partial charge in [-0.05, 0) is 128 Å². The normalized spacial score (nSPS) is 26.4. The van der Waals surface area contributed by atoms with Crippen LogP contribution in [0.15, 0.2) is 28.7 Å². The summed E-state index contributed by atoms with van der Waals surface area (Å²) < 4.78 is 41.2. The molecule has 5 rings (SSSR count). The van der Waals surface area contributed by atoms with Gasteiger partial charge in [-0.2, -0.15) is 0 Å². The molecule has 12 nitrogen and oxygen atoms in total. The number of furan rings is 1. The van der Waals surface area contributed by atoms with E-state index in [1.807, 2.05) is 0 Å². The Morgan fingerprint density at radius 1 is 0.981 bits per heavy atom. The van der Waals surface area contributed by atoms with Crippen molar-refractivity contribution in [2.45, 2.75) is 115 Å². The van der Waals surface area contributed by atoms with Crippen LogP contribution in [-0.4, -0.2) is 92.7 Å². The molecule has 0 radical (unpaired) electrons. The summed E-state index contributed by atoms with van der Waals surface area (Å²) in [5.41, 5.74) is 0.313. The molecule has 0 bridgehead atoms. The van der Waals surface area contributed by atoms with Crippen molar-refractivity contribution in [1.29, 1.82) is 0 Å². The number of carbonyl (C=O) groups is 4. The standard InChI is InChI=1S/C39H56FN3O9/c1-23(48-5)22-50-37(46)33-20-27-19-28(13-16-32(27)51-33)41-35(44)34-30(24-11-14-29(49-6)15-12-24)17-18-43(34)36(45)26-9-7-25(8-10-26)31(21-40)42-38(47)52-39(2,3)4/h13,16,19-20,23-26,29-31,34H,7-12,14-15,17-18,21-22H2,1-6H3,(H,41,44)(H,42,47)/t23-,24?,25?,26?,29?,30+,31-,34-/m1/s1. The van der Waals surface area contributed by atoms with Gasteiger partial charge in [-0.25, -0.2) is 14.0 Å². The lowest BCUT2D eigenvalue weighted by Crippen LogP contribution is -2.50. The molecule has 1 aromatic heterocycles. The molecule has 3 fully saturated rings. The van der Waals surface area contributed by atoms with Crippen LogP contribution in [0.25, 0.3) is 11.0 Å². The average Bonchev–Trinajstić information content (AvgIpc) is 3.77. The Morgan fingerprint density at radius 3 is 2.33 bits per heavy atom. The number of amides is 3. The highest BCUT2D eigenvalue weighted by Crippen LogP contribution is 2.42. The maximum atomic E-state index is 14.3. The minimum Gasteiger partial charge on any atom is -0.457 e. The Bertz CT molecular complexity index is 1540. The van der Waals surface area contributed by atoms with Gasteiger partial charge in [0.15, 0.2) is 0 Å². The number of nitrogens with zero attached hydrogens (tertiary/aromatic N) is 1. The van der Waals surface area contributed by atoms with E-state index in [4.69, 9.17) is 23.4 Å². The van der Waals surface area contributed by atoms with Gasteiger partial charge in [0.1, 0.15) is 30.5 Å². The number of rotatable bonds is 12. The van der Waals surface area contributed by atoms with Crippen LogP contribution in [-0.2, 0) is 28.5 Å². The maximum absolute atomic E-state index is 14.3. The summed E-state index contributed by atoms with van der Waals surface area (Å²) in [6.45, 7) is 6.93. The minimum atomic E-state index is -0.715. The van der Waals surface area contributed by atoms with Crippen molar-refractivity contribution >= 4 is 40.5 Å². The first kappa shape index (κ1) is 39.5. The third-order valence-electron chi connectivity index (χ3n) is 11.0. The summed E-state index contributed by atoms with van der Waals surface area (Å²) in [6, 6.07) is 5.42. The van der Waals surface area contributed by atoms with E-state index in [2.05, 4.69) is 10.6 Å². The van der Waals surface area contributed by atoms with Crippen molar-refractivity contribution in [2.24, 2.45) is 23.7 Å². The predicted molar refractivity (Wildman–Crippen MR) is 193 cm³/mol. The molecule has 52 heavy (non-hydrogen) atoms. The van der Waals surface area contributed by atoms with Crippen LogP contribution < -0.4 is 10.6 Å². The second-order valence-electron chi connectivity index (χ2n) is 15.7. The number of methoxy groups -OCH3 is 2. The van der Waals surface area contributed by atoms with Crippen molar-refractivity contribution in [2.75, 3.05) is 39.4 Å². The summed E-state index contributed by atoms with van der Waals surface area (Å²) in [5, 5.41) is 6.39. The van der Waals surface area contributed by atoms with E-state index in [1.54, 1.807) is 64.0 Å². The molecule has 4 atom stereocenters. The second-order valence-corrected chi connectivity index (χ2v) is 15.7. The zero-order chi connectivity index (χ0) is 37.6. The molecule has 3 aliphatic rings. The van der Waals surface area contributed by atoms with E-state index in [-0.39, 0.29) is 60.1 Å². The van der Waals surface area contributed by atoms with Crippen LogP contribution in [0.5, 0.6) is 0 Å². The summed E-state index contributed by atoms with van der Waals surface area (Å²) in [5.74, 6) is -0.958. The number of halogens is 1. The van der Waals surface area contributed by atoms with Crippen LogP contribution in [0.2, 0.25) is 0 Å². The molecular weight excluding hydrogens is 673 g/mol. The average molecular weight is 730 g/mol. The van der Waals surface area contributed by atoms with Crippen LogP contribution in [0.3, 0.4) is 0 Å². The quantitative estimate of drug-likeness (QED) is 0.229. The number of fused-ring (bicyclic) bond motifs is 1. The van der Waals surface area contributed by atoms with Crippen LogP contribution in [0.1, 0.15) is 96.0 Å². The van der Waals surface area contributed by atoms with Crippen LogP contribution >= 0.6 is 0 Å². The fourth-order valence-corrected chi connectivity index (χ4v) is 8.16. The van der Waals surface area contributed by atoms with Gasteiger partial charge in [0.05, 0.1) is 18.2 Å². The second kappa shape index (κ2) is 17.4. The third kappa shape index (κ3) is 9.83. The van der Waals surface area contributed by atoms with Crippen molar-refractivity contribution in [3.05, 3.63) is 30.0 Å². The summed E-state index contributed by atoms with van der Waals surface area (Å²) >= 11 is 0. The van der Waals surface area contributed by atoms with Crippen molar-refractivity contribution in [1.82, 2.24) is 10.2 Å². The minimum absolute atomic E-state index is 0.000522. The largest absolute Gasteiger partial charge is 0.457 e. The Labute approximate surface area is 305 Å². The summed E-state index contributed by atoms with van der Waals surface area (Å²) in [4.78, 5) is 55.2. The van der Waals surface area contributed by atoms with Gasteiger partial charge >= 0.3 is 12.1 Å². The Balaban J connectivity index is 1.27. The molecule has 1 aliphatic heterocycles. The molecule has 1 saturated heterocycles. The smallest absolute Gasteiger partial charge is 0.407 e. The molecule has 0 unspecified atom stereocenters. The fourth-order valence-electron chi connectivity index (χ4n) is 8.16. The first-order valence-corrected chi connectivity index (χ1v) is 18.7. The zero-order valence-electron chi connectivity index (χ0n) is 31.4. The number of nitrogens with one attached hydrogen (secondary N) is 2. The third-order valence-corrected chi connectivity index (χ3v) is 11.0. The summed E-state index contributed by atoms with van der Waals surface area (Å²) in [7, 11) is 3.27. The number of alkyl halides is 1. The van der Waals surface area contributed by atoms with Crippen LogP contribution in [0.4, 0.5) is 14.9 Å². The van der Waals surface area contributed by atoms with Gasteiger partial charge in [-0.1, -0.05) is 0 Å². The lowest BCUT2D eigenvalue weighted by molar-refractivity contribution is -0.142. The zero-order valence-corrected chi connectivity index (χ0v) is 31.4. The molecule has 3 amide bonds. The monoisotopic (exact) mass is 729 g/mol. The van der Waals surface area contributed by atoms with Gasteiger partial charge in [-0.3, -0.25) is 9.59 Å². The number of likely N-dealkylation sites (tertiary alicyclic amines) is 1. The van der Waals surface area contributed by atoms with Crippen molar-refractivity contribution < 1.29 is 46.9 Å². The number of esters is 1. The molecule has 2 N–H and O–H groups in total. The Kier molecular flexibility index (Phi) is 13.2. The van der Waals surface area contributed by atoms with Gasteiger partial charge in [-0.15, -0.1) is 0 Å². The van der Waals surface area contributed by atoms with Gasteiger partial charge < -0.3 is 38.9 Å². The first-order valence-electron chi connectivity index (χ1n) is 18.7. The van der Waals surface area contributed by atoms with E-state index in [9.17, 15) is 23.6 Å². The first-order chi connectivity index (χ1) is 24.8. The molecule has 1 aromatic carbocycles. The van der Waals surface area contributed by atoms with Gasteiger partial charge in [0.25, 0.3) is 0 Å². The van der Waals surface area contributed by atoms with E-state index in [0.29, 0.717) is 48.9 Å². The van der Waals surface area contributed by atoms with E-state index in [1.165, 1.54) is 7.11 Å². The lowest BCUT2D eigenvalue weighted by Gasteiger charge is -2.38. The van der Waals surface area contributed by atoms with E-state index >= 15 is 0 Å². The highest BCUT2D eigenvalue weighted by Gasteiger charge is 2.47. The van der Waals surface area contributed by atoms with Crippen molar-refractivity contribution in [3.8, 4) is 0 Å². The number of benzene rings is 1. The number of hydrogen-bond donors (Lipinski definition) is 2. The molecule has 288 valence electrons. The molecule has 0 spiro atoms. The SMILES string of the molecule is COC1CCC([C@@H]2CCN(C(=O)C3CCC([C@@H](CF)NC(=O)OC(C)(C)C)CC3)[C@H]2C(=O)Nc2ccc3oc(C(=O)OC[C@@H](C)OC)cc3c2)CC1. The topological polar surface area (TPSA) is 146 Å². The maximum Gasteiger partial charge on any atom is 0.407 e. The lowest BCUT2D eigenvalue weighted by atomic mass is 9.75. The number of anilines is 1. The molecule has 2 aromatic rings. The predicted octanol–water partition coefficient (Wildman–Crippen LogP) is 6.65. The Morgan fingerprint density at radius 2 is 1.69 bits per heavy atom. The molecule has 2 saturated carbocycles. The molecule has 13 heteroatoms. The fraction of sp³-hybridized carbons (Fsp3) is 0.692. The Hall–Kier alpha value is -3.71. The van der Waals surface area contributed by atoms with E-state index in [0.717, 1.165) is 32.1 Å². The number of hydrogen-bond acceptors (Lipinski definition) is 9. The molecule has 2 aliphatic carbocycles. The number of carbonyl (C=O) groups excluding carboxylic acids is 4. The van der Waals surface area contributed by atoms with Crippen molar-refractivity contribution in [3.63, 3.8) is 0 Å². The summed E-state index contributed by atoms with van der Waals surface area (Å²) in [6.07, 6.45) is 6.02. The molecular formula is C39H56FN3O9.